The third kappa shape index (κ3) is 9.08. The van der Waals surface area contributed by atoms with Gasteiger partial charge in [-0.1, -0.05) is 44.9 Å². The van der Waals surface area contributed by atoms with E-state index in [1.54, 1.807) is 0 Å². The minimum atomic E-state index is -1.28. The van der Waals surface area contributed by atoms with Gasteiger partial charge >= 0.3 is 5.97 Å². The van der Waals surface area contributed by atoms with Crippen molar-refractivity contribution in [2.75, 3.05) is 0 Å². The zero-order chi connectivity index (χ0) is 17.1. The van der Waals surface area contributed by atoms with Gasteiger partial charge in [0.1, 0.15) is 12.2 Å². The average Bonchev–Trinajstić information content (AvgIpc) is 2.52. The minimum Gasteiger partial charge on any atom is -0.460 e. The van der Waals surface area contributed by atoms with Crippen molar-refractivity contribution in [3.05, 3.63) is 12.2 Å². The standard InChI is InChI=1S/C18H32O5/c1-14-10-8-6-4-2-3-5-7-9-11-15(19)18(22)16(20)12-13-17(21)23-14/h12-16,18-20,22H,2-11H2,1H3/b13-12+/t14?,15-,16+,18-/m0/s1. The average molecular weight is 328 g/mol. The Hall–Kier alpha value is -0.910. The molecule has 0 saturated carbocycles. The molecule has 1 unspecified atom stereocenters. The van der Waals surface area contributed by atoms with Crippen LogP contribution in [0.4, 0.5) is 0 Å². The van der Waals surface area contributed by atoms with E-state index in [9.17, 15) is 20.1 Å². The van der Waals surface area contributed by atoms with Gasteiger partial charge < -0.3 is 20.1 Å². The molecule has 0 aromatic rings. The number of esters is 1. The van der Waals surface area contributed by atoms with Crippen molar-refractivity contribution in [2.45, 2.75) is 95.5 Å². The lowest BCUT2D eigenvalue weighted by Gasteiger charge is -2.21. The molecule has 0 fully saturated rings. The lowest BCUT2D eigenvalue weighted by molar-refractivity contribution is -0.142. The van der Waals surface area contributed by atoms with E-state index >= 15 is 0 Å². The summed E-state index contributed by atoms with van der Waals surface area (Å²) in [5.41, 5.74) is 0. The van der Waals surface area contributed by atoms with E-state index in [2.05, 4.69) is 0 Å². The second-order valence-electron chi connectivity index (χ2n) is 6.56. The van der Waals surface area contributed by atoms with E-state index in [0.29, 0.717) is 6.42 Å². The Balaban J connectivity index is 2.55. The molecule has 0 saturated heterocycles. The number of hydrogen-bond donors (Lipinski definition) is 3. The van der Waals surface area contributed by atoms with Crippen molar-refractivity contribution >= 4 is 5.97 Å². The molecule has 0 bridgehead atoms. The maximum absolute atomic E-state index is 11.7. The van der Waals surface area contributed by atoms with Crippen LogP contribution in [-0.4, -0.2) is 45.7 Å². The maximum atomic E-state index is 11.7. The van der Waals surface area contributed by atoms with Crippen LogP contribution in [0.2, 0.25) is 0 Å². The Bertz CT molecular complexity index is 355. The molecule has 0 aromatic heterocycles. The number of aliphatic hydroxyl groups excluding tert-OH is 3. The van der Waals surface area contributed by atoms with Crippen molar-refractivity contribution in [1.29, 1.82) is 0 Å². The summed E-state index contributed by atoms with van der Waals surface area (Å²) in [4.78, 5) is 11.7. The van der Waals surface area contributed by atoms with Crippen LogP contribution in [0.25, 0.3) is 0 Å². The van der Waals surface area contributed by atoms with Crippen LogP contribution in [0.1, 0.15) is 71.1 Å². The molecule has 1 aliphatic heterocycles. The molecule has 0 amide bonds. The molecule has 134 valence electrons. The van der Waals surface area contributed by atoms with E-state index in [0.717, 1.165) is 44.6 Å². The highest BCUT2D eigenvalue weighted by Crippen LogP contribution is 2.15. The Kier molecular flexibility index (Phi) is 10.2. The monoisotopic (exact) mass is 328 g/mol. The summed E-state index contributed by atoms with van der Waals surface area (Å²) in [6.45, 7) is 1.86. The van der Waals surface area contributed by atoms with Gasteiger partial charge in [0.25, 0.3) is 0 Å². The molecule has 3 N–H and O–H groups in total. The highest BCUT2D eigenvalue weighted by Gasteiger charge is 2.22. The summed E-state index contributed by atoms with van der Waals surface area (Å²) in [5, 5.41) is 29.6. The van der Waals surface area contributed by atoms with Crippen molar-refractivity contribution in [3.63, 3.8) is 0 Å². The molecule has 5 heteroatoms. The van der Waals surface area contributed by atoms with Crippen LogP contribution < -0.4 is 0 Å². The van der Waals surface area contributed by atoms with Gasteiger partial charge in [-0.15, -0.1) is 0 Å². The van der Waals surface area contributed by atoms with Gasteiger partial charge in [-0.05, 0) is 32.3 Å². The molecule has 0 radical (unpaired) electrons. The van der Waals surface area contributed by atoms with Gasteiger partial charge in [0, 0.05) is 6.08 Å². The number of cyclic esters (lactones) is 1. The fraction of sp³-hybridized carbons (Fsp3) is 0.833. The van der Waals surface area contributed by atoms with Gasteiger partial charge in [-0.25, -0.2) is 4.79 Å². The van der Waals surface area contributed by atoms with Crippen LogP contribution in [0.5, 0.6) is 0 Å². The molecule has 0 aliphatic carbocycles. The highest BCUT2D eigenvalue weighted by atomic mass is 16.5. The number of carbonyl (C=O) groups excluding carboxylic acids is 1. The van der Waals surface area contributed by atoms with Gasteiger partial charge in [0.2, 0.25) is 0 Å². The van der Waals surface area contributed by atoms with Gasteiger partial charge in [0.15, 0.2) is 0 Å². The second kappa shape index (κ2) is 11.6. The lowest BCUT2D eigenvalue weighted by Crippen LogP contribution is -2.36. The quantitative estimate of drug-likeness (QED) is 0.595. The van der Waals surface area contributed by atoms with Crippen LogP contribution >= 0.6 is 0 Å². The van der Waals surface area contributed by atoms with Gasteiger partial charge in [0.05, 0.1) is 12.2 Å². The van der Waals surface area contributed by atoms with Crippen LogP contribution in [0, 0.1) is 0 Å². The summed E-state index contributed by atoms with van der Waals surface area (Å²) < 4.78 is 5.23. The SMILES string of the molecule is CC1CCCCCCCCCC[C@H](O)[C@H](O)[C@H](O)/C=C/C(=O)O1. The first-order valence-corrected chi connectivity index (χ1v) is 8.93. The largest absolute Gasteiger partial charge is 0.460 e. The Morgan fingerprint density at radius 1 is 0.913 bits per heavy atom. The number of carbonyl (C=O) groups is 1. The summed E-state index contributed by atoms with van der Waals surface area (Å²) in [6, 6.07) is 0. The first kappa shape index (κ1) is 20.1. The van der Waals surface area contributed by atoms with Crippen molar-refractivity contribution in [1.82, 2.24) is 0 Å². The molecular formula is C18H32O5. The summed E-state index contributed by atoms with van der Waals surface area (Å²) in [5.74, 6) is -0.528. The number of rotatable bonds is 0. The topological polar surface area (TPSA) is 87.0 Å². The molecule has 1 rings (SSSR count). The predicted molar refractivity (Wildman–Crippen MR) is 88.9 cm³/mol. The summed E-state index contributed by atoms with van der Waals surface area (Å²) >= 11 is 0. The fourth-order valence-corrected chi connectivity index (χ4v) is 2.83. The van der Waals surface area contributed by atoms with Crippen LogP contribution in [-0.2, 0) is 9.53 Å². The maximum Gasteiger partial charge on any atom is 0.330 e. The Labute approximate surface area is 139 Å². The third-order valence-electron chi connectivity index (χ3n) is 4.35. The van der Waals surface area contributed by atoms with Crippen LogP contribution in [0.15, 0.2) is 12.2 Å². The van der Waals surface area contributed by atoms with Gasteiger partial charge in [-0.2, -0.15) is 0 Å². The first-order valence-electron chi connectivity index (χ1n) is 8.93. The Morgan fingerprint density at radius 3 is 2.04 bits per heavy atom. The van der Waals surface area contributed by atoms with E-state index in [1.165, 1.54) is 25.3 Å². The molecule has 0 aromatic carbocycles. The van der Waals surface area contributed by atoms with E-state index in [4.69, 9.17) is 4.74 Å². The van der Waals surface area contributed by atoms with Crippen molar-refractivity contribution in [3.8, 4) is 0 Å². The lowest BCUT2D eigenvalue weighted by atomic mass is 10.00. The van der Waals surface area contributed by atoms with E-state index in [-0.39, 0.29) is 6.10 Å². The molecule has 4 atom stereocenters. The molecule has 5 nitrogen and oxygen atoms in total. The normalized spacial score (nSPS) is 34.9. The minimum absolute atomic E-state index is 0.154. The number of aliphatic hydroxyl groups is 3. The molecule has 1 aliphatic rings. The number of ether oxygens (including phenoxy) is 1. The molecule has 23 heavy (non-hydrogen) atoms. The zero-order valence-electron chi connectivity index (χ0n) is 14.2. The third-order valence-corrected chi connectivity index (χ3v) is 4.35. The second-order valence-corrected chi connectivity index (χ2v) is 6.56. The zero-order valence-corrected chi connectivity index (χ0v) is 14.2. The first-order chi connectivity index (χ1) is 11.0. The number of hydrogen-bond acceptors (Lipinski definition) is 5. The molecule has 1 heterocycles. The van der Waals surface area contributed by atoms with Gasteiger partial charge in [-0.3, -0.25) is 0 Å². The highest BCUT2D eigenvalue weighted by molar-refractivity contribution is 5.82. The Morgan fingerprint density at radius 2 is 1.43 bits per heavy atom. The van der Waals surface area contributed by atoms with E-state index < -0.39 is 24.3 Å². The predicted octanol–water partition coefficient (Wildman–Crippen LogP) is 2.47. The fourth-order valence-electron chi connectivity index (χ4n) is 2.83. The van der Waals surface area contributed by atoms with Crippen LogP contribution in [0.3, 0.4) is 0 Å². The van der Waals surface area contributed by atoms with Crippen molar-refractivity contribution in [2.24, 2.45) is 0 Å². The molecule has 0 spiro atoms. The van der Waals surface area contributed by atoms with E-state index in [1.807, 2.05) is 6.92 Å². The molecular weight excluding hydrogens is 296 g/mol. The van der Waals surface area contributed by atoms with Crippen molar-refractivity contribution < 1.29 is 24.9 Å². The summed E-state index contributed by atoms with van der Waals surface area (Å²) in [7, 11) is 0. The smallest absolute Gasteiger partial charge is 0.330 e. The summed E-state index contributed by atoms with van der Waals surface area (Å²) in [6.07, 6.45) is 8.70.